The van der Waals surface area contributed by atoms with Gasteiger partial charge in [-0.15, -0.1) is 12.4 Å². The molecule has 0 fully saturated rings. The highest BCUT2D eigenvalue weighted by Gasteiger charge is 2.26. The van der Waals surface area contributed by atoms with Crippen molar-refractivity contribution in [2.75, 3.05) is 13.6 Å². The van der Waals surface area contributed by atoms with E-state index in [-0.39, 0.29) is 24.0 Å². The number of rotatable bonds is 6. The summed E-state index contributed by atoms with van der Waals surface area (Å²) in [5, 5.41) is 5.57. The van der Waals surface area contributed by atoms with E-state index in [0.29, 0.717) is 6.54 Å². The Balaban J connectivity index is 0.00000400. The number of halogens is 3. The fourth-order valence-electron chi connectivity index (χ4n) is 1.35. The minimum atomic E-state index is -4.62. The van der Waals surface area contributed by atoms with Gasteiger partial charge >= 0.3 is 5.76 Å². The number of carbonyl (C=O) groups excluding carboxylic acids is 1. The summed E-state index contributed by atoms with van der Waals surface area (Å²) < 4.78 is 47.1. The number of alkyl halides is 2. The molecule has 0 saturated heterocycles. The summed E-state index contributed by atoms with van der Waals surface area (Å²) in [6.45, 7) is 2.27. The molecule has 1 unspecified atom stereocenters. The third kappa shape index (κ3) is 5.22. The lowest BCUT2D eigenvalue weighted by atomic mass is 10.2. The van der Waals surface area contributed by atoms with E-state index < -0.39 is 26.4 Å². The largest absolute Gasteiger partial charge is 0.350 e. The number of hydrogen-bond acceptors (Lipinski definition) is 4. The Morgan fingerprint density at radius 2 is 1.76 bits per heavy atom. The monoisotopic (exact) mass is 342 g/mol. The van der Waals surface area contributed by atoms with Gasteiger partial charge in [0.2, 0.25) is 9.84 Å². The Kier molecular flexibility index (Phi) is 7.76. The van der Waals surface area contributed by atoms with Gasteiger partial charge in [0.05, 0.1) is 4.90 Å². The molecule has 0 spiro atoms. The van der Waals surface area contributed by atoms with Crippen molar-refractivity contribution in [3.63, 3.8) is 0 Å². The fourth-order valence-corrected chi connectivity index (χ4v) is 2.07. The molecule has 0 saturated carbocycles. The topological polar surface area (TPSA) is 75.3 Å². The zero-order valence-corrected chi connectivity index (χ0v) is 13.1. The summed E-state index contributed by atoms with van der Waals surface area (Å²) in [7, 11) is -2.87. The number of benzene rings is 1. The smallest absolute Gasteiger partial charge is 0.341 e. The van der Waals surface area contributed by atoms with Crippen molar-refractivity contribution < 1.29 is 22.0 Å². The Bertz CT molecular complexity index is 564. The highest BCUT2D eigenvalue weighted by atomic mass is 35.5. The van der Waals surface area contributed by atoms with Crippen molar-refractivity contribution in [1.82, 2.24) is 10.6 Å². The van der Waals surface area contributed by atoms with Gasteiger partial charge in [-0.2, -0.15) is 8.78 Å². The van der Waals surface area contributed by atoms with Crippen LogP contribution in [0.1, 0.15) is 17.3 Å². The standard InChI is InChI=1S/C12H16F2N2O3S.ClH/c1-8(15-2)7-16-11(17)9-3-5-10(6-4-9)20(18,19)12(13)14;/h3-6,8,12,15H,7H2,1-2H3,(H,16,17);1H. The van der Waals surface area contributed by atoms with E-state index in [2.05, 4.69) is 10.6 Å². The molecule has 9 heteroatoms. The maximum atomic E-state index is 12.3. The van der Waals surface area contributed by atoms with Crippen molar-refractivity contribution in [2.45, 2.75) is 23.6 Å². The first kappa shape index (κ1) is 19.8. The van der Waals surface area contributed by atoms with Gasteiger partial charge in [-0.3, -0.25) is 4.79 Å². The summed E-state index contributed by atoms with van der Waals surface area (Å²) in [5.74, 6) is -3.87. The summed E-state index contributed by atoms with van der Waals surface area (Å²) in [4.78, 5) is 11.2. The second kappa shape index (κ2) is 8.26. The van der Waals surface area contributed by atoms with E-state index >= 15 is 0 Å². The molecule has 5 nitrogen and oxygen atoms in total. The van der Waals surface area contributed by atoms with Crippen LogP contribution in [-0.4, -0.2) is 39.7 Å². The molecular formula is C12H17ClF2N2O3S. The molecule has 0 aliphatic carbocycles. The molecule has 0 aromatic heterocycles. The minimum Gasteiger partial charge on any atom is -0.350 e. The molecule has 1 atom stereocenters. The van der Waals surface area contributed by atoms with Crippen molar-refractivity contribution >= 4 is 28.2 Å². The Labute approximate surface area is 128 Å². The molecule has 0 radical (unpaired) electrons. The molecule has 0 heterocycles. The van der Waals surface area contributed by atoms with Gasteiger partial charge in [0.1, 0.15) is 0 Å². The third-order valence-electron chi connectivity index (χ3n) is 2.74. The Morgan fingerprint density at radius 1 is 1.24 bits per heavy atom. The van der Waals surface area contributed by atoms with Crippen LogP contribution in [0.15, 0.2) is 29.2 Å². The van der Waals surface area contributed by atoms with Crippen molar-refractivity contribution in [2.24, 2.45) is 0 Å². The summed E-state index contributed by atoms with van der Waals surface area (Å²) in [6.07, 6.45) is 0. The average molecular weight is 343 g/mol. The molecule has 0 bridgehead atoms. The van der Waals surface area contributed by atoms with Crippen LogP contribution in [-0.2, 0) is 9.84 Å². The first-order chi connectivity index (χ1) is 9.28. The van der Waals surface area contributed by atoms with Gasteiger partial charge in [0.25, 0.3) is 5.91 Å². The first-order valence-electron chi connectivity index (χ1n) is 5.86. The quantitative estimate of drug-likeness (QED) is 0.820. The van der Waals surface area contributed by atoms with Crippen molar-refractivity contribution in [1.29, 1.82) is 0 Å². The Morgan fingerprint density at radius 3 is 2.19 bits per heavy atom. The Hall–Kier alpha value is -1.25. The van der Waals surface area contributed by atoms with Gasteiger partial charge < -0.3 is 10.6 Å². The zero-order chi connectivity index (χ0) is 15.3. The molecule has 120 valence electrons. The molecule has 1 aromatic carbocycles. The summed E-state index contributed by atoms with van der Waals surface area (Å²) in [5.41, 5.74) is 0.210. The first-order valence-corrected chi connectivity index (χ1v) is 7.41. The van der Waals surface area contributed by atoms with Gasteiger partial charge in [-0.25, -0.2) is 8.42 Å². The average Bonchev–Trinajstić information content (AvgIpc) is 2.44. The fraction of sp³-hybridized carbons (Fsp3) is 0.417. The van der Waals surface area contributed by atoms with Crippen LogP contribution in [0.25, 0.3) is 0 Å². The highest BCUT2D eigenvalue weighted by Crippen LogP contribution is 2.18. The number of likely N-dealkylation sites (N-methyl/N-ethyl adjacent to an activating group) is 1. The van der Waals surface area contributed by atoms with Crippen LogP contribution < -0.4 is 10.6 Å². The minimum absolute atomic E-state index is 0. The van der Waals surface area contributed by atoms with Crippen LogP contribution in [0.4, 0.5) is 8.78 Å². The van der Waals surface area contributed by atoms with Crippen LogP contribution in [0.5, 0.6) is 0 Å². The third-order valence-corrected chi connectivity index (χ3v) is 4.14. The molecular weight excluding hydrogens is 326 g/mol. The highest BCUT2D eigenvalue weighted by molar-refractivity contribution is 7.91. The number of sulfone groups is 1. The summed E-state index contributed by atoms with van der Waals surface area (Å²) >= 11 is 0. The van der Waals surface area contributed by atoms with Crippen LogP contribution in [0, 0.1) is 0 Å². The van der Waals surface area contributed by atoms with Crippen molar-refractivity contribution in [3.8, 4) is 0 Å². The molecule has 0 aliphatic heterocycles. The maximum absolute atomic E-state index is 12.3. The molecule has 2 N–H and O–H groups in total. The van der Waals surface area contributed by atoms with Gasteiger partial charge in [0, 0.05) is 18.2 Å². The lowest BCUT2D eigenvalue weighted by molar-refractivity contribution is 0.0950. The van der Waals surface area contributed by atoms with E-state index in [1.54, 1.807) is 7.05 Å². The number of amides is 1. The van der Waals surface area contributed by atoms with Gasteiger partial charge in [-0.1, -0.05) is 0 Å². The van der Waals surface area contributed by atoms with E-state index in [0.717, 1.165) is 12.1 Å². The van der Waals surface area contributed by atoms with Gasteiger partial charge in [0.15, 0.2) is 0 Å². The van der Waals surface area contributed by atoms with E-state index in [1.807, 2.05) is 6.92 Å². The molecule has 1 aromatic rings. The zero-order valence-electron chi connectivity index (χ0n) is 11.5. The lowest BCUT2D eigenvalue weighted by Crippen LogP contribution is -2.37. The predicted octanol–water partition coefficient (Wildman–Crippen LogP) is 1.44. The van der Waals surface area contributed by atoms with E-state index in [1.165, 1.54) is 12.1 Å². The molecule has 1 rings (SSSR count). The number of carbonyl (C=O) groups is 1. The van der Waals surface area contributed by atoms with E-state index in [4.69, 9.17) is 0 Å². The summed E-state index contributed by atoms with van der Waals surface area (Å²) in [6, 6.07) is 4.48. The number of nitrogens with one attached hydrogen (secondary N) is 2. The second-order valence-electron chi connectivity index (χ2n) is 4.23. The maximum Gasteiger partial charge on any atom is 0.341 e. The molecule has 1 amide bonds. The normalized spacial score (nSPS) is 12.6. The van der Waals surface area contributed by atoms with Crippen LogP contribution in [0.2, 0.25) is 0 Å². The van der Waals surface area contributed by atoms with Crippen LogP contribution >= 0.6 is 12.4 Å². The number of hydrogen-bond donors (Lipinski definition) is 2. The van der Waals surface area contributed by atoms with Crippen LogP contribution in [0.3, 0.4) is 0 Å². The SMILES string of the molecule is CNC(C)CNC(=O)c1ccc(S(=O)(=O)C(F)F)cc1.Cl. The van der Waals surface area contributed by atoms with Crippen molar-refractivity contribution in [3.05, 3.63) is 29.8 Å². The lowest BCUT2D eigenvalue weighted by Gasteiger charge is -2.11. The predicted molar refractivity (Wildman–Crippen MR) is 77.7 cm³/mol. The second-order valence-corrected chi connectivity index (χ2v) is 6.15. The van der Waals surface area contributed by atoms with Gasteiger partial charge in [-0.05, 0) is 38.2 Å². The molecule has 0 aliphatic rings. The van der Waals surface area contributed by atoms with E-state index in [9.17, 15) is 22.0 Å². The molecule has 21 heavy (non-hydrogen) atoms.